The van der Waals surface area contributed by atoms with Crippen LogP contribution in [0.25, 0.3) is 5.57 Å². The monoisotopic (exact) mass is 370 g/mol. The molecule has 1 fully saturated rings. The second kappa shape index (κ2) is 8.01. The van der Waals surface area contributed by atoms with E-state index in [1.165, 1.54) is 5.57 Å². The van der Waals surface area contributed by atoms with Crippen molar-refractivity contribution in [3.05, 3.63) is 35.9 Å². The van der Waals surface area contributed by atoms with Crippen LogP contribution in [0.15, 0.2) is 30.3 Å². The second-order valence-electron chi connectivity index (χ2n) is 7.82. The Morgan fingerprint density at radius 3 is 2.67 bits per heavy atom. The average Bonchev–Trinajstić information content (AvgIpc) is 2.60. The topological polar surface area (TPSA) is 71.8 Å². The summed E-state index contributed by atoms with van der Waals surface area (Å²) in [4.78, 5) is 14.4. The van der Waals surface area contributed by atoms with Crippen molar-refractivity contribution in [2.24, 2.45) is 0 Å². The zero-order chi connectivity index (χ0) is 19.4. The van der Waals surface area contributed by atoms with Crippen LogP contribution in [0, 0.1) is 11.3 Å². The predicted octanol–water partition coefficient (Wildman–Crippen LogP) is 3.77. The highest BCUT2D eigenvalue weighted by atomic mass is 16.6. The van der Waals surface area contributed by atoms with Crippen LogP contribution in [0.5, 0.6) is 5.75 Å². The molecule has 0 radical (unpaired) electrons. The molecule has 1 amide bonds. The Bertz CT molecular complexity index is 743. The zero-order valence-electron chi connectivity index (χ0n) is 16.1. The molecule has 144 valence electrons. The van der Waals surface area contributed by atoms with Gasteiger partial charge in [-0.15, -0.1) is 0 Å². The van der Waals surface area contributed by atoms with Crippen LogP contribution in [0.1, 0.15) is 39.2 Å². The molecule has 2 unspecified atom stereocenters. The molecule has 2 bridgehead atoms. The zero-order valence-corrected chi connectivity index (χ0v) is 16.1. The van der Waals surface area contributed by atoms with Gasteiger partial charge < -0.3 is 14.2 Å². The minimum Gasteiger partial charge on any atom is -0.493 e. The number of morpholine rings is 1. The second-order valence-corrected chi connectivity index (χ2v) is 7.82. The number of hydrogen-bond acceptors (Lipinski definition) is 5. The average molecular weight is 370 g/mol. The van der Waals surface area contributed by atoms with E-state index in [1.54, 1.807) is 0 Å². The van der Waals surface area contributed by atoms with Gasteiger partial charge in [0.15, 0.2) is 0 Å². The van der Waals surface area contributed by atoms with Gasteiger partial charge in [0.25, 0.3) is 0 Å². The largest absolute Gasteiger partial charge is 0.493 e. The van der Waals surface area contributed by atoms with Crippen LogP contribution in [0.2, 0.25) is 0 Å². The summed E-state index contributed by atoms with van der Waals surface area (Å²) in [6, 6.07) is 9.80. The normalized spacial score (nSPS) is 21.9. The van der Waals surface area contributed by atoms with Crippen molar-refractivity contribution in [2.75, 3.05) is 19.8 Å². The summed E-state index contributed by atoms with van der Waals surface area (Å²) in [6.07, 6.45) is 2.92. The molecule has 0 N–H and O–H groups in total. The van der Waals surface area contributed by atoms with Gasteiger partial charge in [-0.3, -0.25) is 4.90 Å². The molecule has 2 atom stereocenters. The van der Waals surface area contributed by atoms with Crippen molar-refractivity contribution < 1.29 is 19.0 Å². The van der Waals surface area contributed by atoms with E-state index in [0.29, 0.717) is 26.2 Å². The van der Waals surface area contributed by atoms with Gasteiger partial charge in [0.05, 0.1) is 37.8 Å². The van der Waals surface area contributed by atoms with Crippen LogP contribution in [-0.2, 0) is 9.47 Å². The number of benzene rings is 1. The Morgan fingerprint density at radius 1 is 1.30 bits per heavy atom. The predicted molar refractivity (Wildman–Crippen MR) is 101 cm³/mol. The molecule has 2 aliphatic rings. The molecule has 2 aliphatic heterocycles. The fraction of sp³-hybridized carbons (Fsp3) is 0.524. The molecule has 2 heterocycles. The Kier molecular flexibility index (Phi) is 5.71. The number of amides is 1. The first-order chi connectivity index (χ1) is 12.9. The Morgan fingerprint density at radius 2 is 2.04 bits per heavy atom. The molecular formula is C21H26N2O4. The maximum Gasteiger partial charge on any atom is 0.411 e. The number of carbonyl (C=O) groups excluding carboxylic acids is 1. The number of ether oxygens (including phenoxy) is 3. The fourth-order valence-electron chi connectivity index (χ4n) is 3.39. The summed E-state index contributed by atoms with van der Waals surface area (Å²) in [6.45, 7) is 7.02. The van der Waals surface area contributed by atoms with Crippen LogP contribution >= 0.6 is 0 Å². The number of hydrogen-bond donors (Lipinski definition) is 0. The van der Waals surface area contributed by atoms with Crippen LogP contribution in [0.3, 0.4) is 0 Å². The lowest BCUT2D eigenvalue weighted by Crippen LogP contribution is -2.57. The molecule has 6 nitrogen and oxygen atoms in total. The van der Waals surface area contributed by atoms with E-state index >= 15 is 0 Å². The van der Waals surface area contributed by atoms with Gasteiger partial charge >= 0.3 is 6.09 Å². The third-order valence-corrected chi connectivity index (χ3v) is 4.51. The first-order valence-corrected chi connectivity index (χ1v) is 9.27. The van der Waals surface area contributed by atoms with Gasteiger partial charge in [0.1, 0.15) is 18.0 Å². The quantitative estimate of drug-likeness (QED) is 0.755. The molecule has 0 spiro atoms. The van der Waals surface area contributed by atoms with Crippen LogP contribution in [0.4, 0.5) is 4.79 Å². The number of nitrogens with zero attached hydrogens (tertiary/aromatic N) is 2. The summed E-state index contributed by atoms with van der Waals surface area (Å²) in [5.74, 6) is 0.754. The number of rotatable bonds is 4. The summed E-state index contributed by atoms with van der Waals surface area (Å²) >= 11 is 0. The van der Waals surface area contributed by atoms with Crippen molar-refractivity contribution in [3.63, 3.8) is 0 Å². The number of fused-ring (bicyclic) bond motifs is 2. The van der Waals surface area contributed by atoms with Gasteiger partial charge in [0, 0.05) is 0 Å². The third-order valence-electron chi connectivity index (χ3n) is 4.51. The third kappa shape index (κ3) is 4.81. The lowest BCUT2D eigenvalue weighted by molar-refractivity contribution is -0.0510. The van der Waals surface area contributed by atoms with Crippen molar-refractivity contribution in [1.82, 2.24) is 4.90 Å². The van der Waals surface area contributed by atoms with E-state index in [0.717, 1.165) is 17.7 Å². The molecule has 0 aliphatic carbocycles. The lowest BCUT2D eigenvalue weighted by Gasteiger charge is -2.44. The summed E-state index contributed by atoms with van der Waals surface area (Å²) in [7, 11) is 0. The first kappa shape index (κ1) is 19.2. The summed E-state index contributed by atoms with van der Waals surface area (Å²) in [5, 5.41) is 8.58. The minimum absolute atomic E-state index is 0.0230. The van der Waals surface area contributed by atoms with Crippen molar-refractivity contribution in [1.29, 1.82) is 5.26 Å². The Labute approximate surface area is 160 Å². The smallest absolute Gasteiger partial charge is 0.411 e. The maximum atomic E-state index is 12.6. The molecule has 0 saturated carbocycles. The van der Waals surface area contributed by atoms with Gasteiger partial charge in [-0.1, -0.05) is 18.2 Å². The van der Waals surface area contributed by atoms with Gasteiger partial charge in [-0.2, -0.15) is 5.26 Å². The van der Waals surface area contributed by atoms with E-state index in [1.807, 2.05) is 49.9 Å². The molecule has 1 saturated heterocycles. The number of nitriles is 1. The standard InChI is InChI=1S/C21H26N2O4/c1-21(2,3)27-20(24)23-17-11-16(12-18(23)14-25-13-17)15-5-7-19(8-6-15)26-10-4-9-22/h5-8,11,17-18H,4,10,12-14H2,1-3H3. The highest BCUT2D eigenvalue weighted by Crippen LogP contribution is 2.34. The van der Waals surface area contributed by atoms with E-state index in [2.05, 4.69) is 12.1 Å². The lowest BCUT2D eigenvalue weighted by atomic mass is 9.90. The molecule has 0 aromatic heterocycles. The van der Waals surface area contributed by atoms with Crippen LogP contribution < -0.4 is 4.74 Å². The highest BCUT2D eigenvalue weighted by Gasteiger charge is 2.40. The molecule has 1 aromatic carbocycles. The highest BCUT2D eigenvalue weighted by molar-refractivity contribution is 5.75. The van der Waals surface area contributed by atoms with Crippen molar-refractivity contribution >= 4 is 11.7 Å². The Hall–Kier alpha value is -2.52. The van der Waals surface area contributed by atoms with Gasteiger partial charge in [-0.25, -0.2) is 4.79 Å². The Balaban J connectivity index is 1.73. The van der Waals surface area contributed by atoms with Gasteiger partial charge in [0.2, 0.25) is 0 Å². The van der Waals surface area contributed by atoms with E-state index < -0.39 is 5.60 Å². The number of carbonyl (C=O) groups is 1. The molecule has 1 aromatic rings. The van der Waals surface area contributed by atoms with Crippen molar-refractivity contribution in [3.8, 4) is 11.8 Å². The van der Waals surface area contributed by atoms with E-state index in [-0.39, 0.29) is 18.2 Å². The summed E-state index contributed by atoms with van der Waals surface area (Å²) < 4.78 is 16.8. The molecule has 27 heavy (non-hydrogen) atoms. The minimum atomic E-state index is -0.516. The fourth-order valence-corrected chi connectivity index (χ4v) is 3.39. The van der Waals surface area contributed by atoms with Crippen molar-refractivity contribution in [2.45, 2.75) is 51.3 Å². The van der Waals surface area contributed by atoms with E-state index in [4.69, 9.17) is 19.5 Å². The van der Waals surface area contributed by atoms with Gasteiger partial charge in [-0.05, 0) is 50.5 Å². The molecular weight excluding hydrogens is 344 g/mol. The maximum absolute atomic E-state index is 12.6. The summed E-state index contributed by atoms with van der Waals surface area (Å²) in [5.41, 5.74) is 1.80. The SMILES string of the molecule is CC(C)(C)OC(=O)N1C2C=C(c3ccc(OCCC#N)cc3)CC1COC2. The van der Waals surface area contributed by atoms with Crippen LogP contribution in [-0.4, -0.2) is 48.5 Å². The molecule has 6 heteroatoms. The first-order valence-electron chi connectivity index (χ1n) is 9.27. The molecule has 3 rings (SSSR count). The van der Waals surface area contributed by atoms with E-state index in [9.17, 15) is 4.79 Å².